The van der Waals surface area contributed by atoms with Crippen molar-refractivity contribution in [2.24, 2.45) is 5.41 Å². The molecule has 0 spiro atoms. The lowest BCUT2D eigenvalue weighted by Crippen LogP contribution is -2.26. The van der Waals surface area contributed by atoms with Crippen LogP contribution in [-0.4, -0.2) is 11.6 Å². The Bertz CT molecular complexity index is 484. The largest absolute Gasteiger partial charge is 0.416 e. The highest BCUT2D eigenvalue weighted by molar-refractivity contribution is 6.02. The average molecular weight is 272 g/mol. The number of alkyl halides is 3. The maximum absolute atomic E-state index is 12.4. The molecule has 1 aromatic carbocycles. The normalized spacial score (nSPS) is 12.3. The minimum atomic E-state index is -4.42. The second-order valence-corrected chi connectivity index (χ2v) is 5.17. The first-order valence-electron chi connectivity index (χ1n) is 5.75. The Morgan fingerprint density at radius 1 is 1.05 bits per heavy atom. The van der Waals surface area contributed by atoms with Crippen LogP contribution in [0.25, 0.3) is 0 Å². The fourth-order valence-electron chi connectivity index (χ4n) is 1.90. The average Bonchev–Trinajstić information content (AvgIpc) is 2.25. The van der Waals surface area contributed by atoms with Gasteiger partial charge in [-0.05, 0) is 19.1 Å². The van der Waals surface area contributed by atoms with E-state index in [9.17, 15) is 22.8 Å². The minimum Gasteiger partial charge on any atom is -0.300 e. The minimum absolute atomic E-state index is 0.0624. The lowest BCUT2D eigenvalue weighted by Gasteiger charge is -2.21. The van der Waals surface area contributed by atoms with E-state index in [1.165, 1.54) is 6.92 Å². The Hall–Kier alpha value is -1.65. The molecule has 0 saturated carbocycles. The van der Waals surface area contributed by atoms with Gasteiger partial charge in [-0.25, -0.2) is 0 Å². The summed E-state index contributed by atoms with van der Waals surface area (Å²) in [6.07, 6.45) is -4.36. The molecule has 0 unspecified atom stereocenters. The summed E-state index contributed by atoms with van der Waals surface area (Å²) in [5.74, 6) is -0.471. The van der Waals surface area contributed by atoms with Crippen LogP contribution in [0.4, 0.5) is 13.2 Å². The fourth-order valence-corrected chi connectivity index (χ4v) is 1.90. The van der Waals surface area contributed by atoms with Gasteiger partial charge in [0.25, 0.3) is 0 Å². The summed E-state index contributed by atoms with van der Waals surface area (Å²) in [6, 6.07) is 4.04. The molecule has 0 N–H and O–H groups in total. The maximum Gasteiger partial charge on any atom is 0.416 e. The molecule has 0 aliphatic heterocycles. The van der Waals surface area contributed by atoms with Crippen molar-refractivity contribution in [1.82, 2.24) is 0 Å². The zero-order valence-electron chi connectivity index (χ0n) is 11.0. The van der Waals surface area contributed by atoms with E-state index in [0.717, 1.165) is 24.3 Å². The molecule has 2 nitrogen and oxygen atoms in total. The molecule has 19 heavy (non-hydrogen) atoms. The van der Waals surface area contributed by atoms with Crippen LogP contribution in [-0.2, 0) is 11.0 Å². The smallest absolute Gasteiger partial charge is 0.300 e. The molecule has 0 bridgehead atoms. The highest BCUT2D eigenvalue weighted by atomic mass is 19.4. The van der Waals surface area contributed by atoms with Gasteiger partial charge in [-0.15, -0.1) is 0 Å². The van der Waals surface area contributed by atoms with Crippen molar-refractivity contribution in [3.05, 3.63) is 35.4 Å². The first-order valence-corrected chi connectivity index (χ1v) is 5.75. The molecule has 0 fully saturated rings. The zero-order chi connectivity index (χ0) is 14.8. The highest BCUT2D eigenvalue weighted by Gasteiger charge is 2.32. The van der Waals surface area contributed by atoms with Gasteiger partial charge in [-0.2, -0.15) is 13.2 Å². The van der Waals surface area contributed by atoms with Gasteiger partial charge in [0, 0.05) is 17.4 Å². The Morgan fingerprint density at radius 3 is 1.89 bits per heavy atom. The third kappa shape index (κ3) is 3.91. The van der Waals surface area contributed by atoms with E-state index in [-0.39, 0.29) is 23.6 Å². The Balaban J connectivity index is 2.99. The standard InChI is InChI=1S/C14H15F3O2/c1-9(18)8-13(2,3)12(19)10-4-6-11(7-5-10)14(15,16)17/h4-7H,8H2,1-3H3. The van der Waals surface area contributed by atoms with Gasteiger partial charge in [0.05, 0.1) is 5.56 Å². The summed E-state index contributed by atoms with van der Waals surface area (Å²) in [6.45, 7) is 4.59. The molecule has 0 aliphatic rings. The number of ketones is 2. The van der Waals surface area contributed by atoms with E-state index in [1.54, 1.807) is 13.8 Å². The third-order valence-electron chi connectivity index (χ3n) is 2.78. The Kier molecular flexibility index (Phi) is 4.18. The molecule has 0 aliphatic carbocycles. The first-order chi connectivity index (χ1) is 8.54. The number of Topliss-reactive ketones (excluding diaryl/α,β-unsaturated/α-hetero) is 2. The van der Waals surface area contributed by atoms with Crippen molar-refractivity contribution in [2.45, 2.75) is 33.4 Å². The zero-order valence-corrected chi connectivity index (χ0v) is 11.0. The van der Waals surface area contributed by atoms with Crippen LogP contribution in [0, 0.1) is 5.41 Å². The van der Waals surface area contributed by atoms with Crippen LogP contribution < -0.4 is 0 Å². The van der Waals surface area contributed by atoms with E-state index < -0.39 is 17.2 Å². The van der Waals surface area contributed by atoms with E-state index in [1.807, 2.05) is 0 Å². The van der Waals surface area contributed by atoms with E-state index in [4.69, 9.17) is 0 Å². The van der Waals surface area contributed by atoms with Crippen molar-refractivity contribution in [1.29, 1.82) is 0 Å². The molecule has 0 atom stereocenters. The van der Waals surface area contributed by atoms with Crippen molar-refractivity contribution in [3.8, 4) is 0 Å². The van der Waals surface area contributed by atoms with Gasteiger partial charge in [-0.1, -0.05) is 26.0 Å². The van der Waals surface area contributed by atoms with E-state index in [0.29, 0.717) is 0 Å². The second-order valence-electron chi connectivity index (χ2n) is 5.17. The van der Waals surface area contributed by atoms with E-state index in [2.05, 4.69) is 0 Å². The molecular formula is C14H15F3O2. The molecule has 104 valence electrons. The topological polar surface area (TPSA) is 34.1 Å². The maximum atomic E-state index is 12.4. The molecule has 0 heterocycles. The number of hydrogen-bond acceptors (Lipinski definition) is 2. The Morgan fingerprint density at radius 2 is 1.53 bits per heavy atom. The van der Waals surface area contributed by atoms with Gasteiger partial charge in [0.15, 0.2) is 5.78 Å². The van der Waals surface area contributed by atoms with Crippen LogP contribution in [0.2, 0.25) is 0 Å². The number of carbonyl (C=O) groups is 2. The van der Waals surface area contributed by atoms with Crippen LogP contribution >= 0.6 is 0 Å². The number of hydrogen-bond donors (Lipinski definition) is 0. The van der Waals surface area contributed by atoms with E-state index >= 15 is 0 Å². The van der Waals surface area contributed by atoms with Crippen molar-refractivity contribution < 1.29 is 22.8 Å². The lowest BCUT2D eigenvalue weighted by atomic mass is 9.80. The van der Waals surface area contributed by atoms with Crippen LogP contribution in [0.1, 0.15) is 43.1 Å². The molecule has 5 heteroatoms. The van der Waals surface area contributed by atoms with Gasteiger partial charge in [0.2, 0.25) is 0 Å². The third-order valence-corrected chi connectivity index (χ3v) is 2.78. The number of rotatable bonds is 4. The molecule has 0 saturated heterocycles. The number of halogens is 3. The summed E-state index contributed by atoms with van der Waals surface area (Å²) in [5, 5.41) is 0. The molecule has 1 rings (SSSR count). The molecule has 1 aromatic rings. The molecule has 0 radical (unpaired) electrons. The summed E-state index contributed by atoms with van der Waals surface area (Å²) >= 11 is 0. The van der Waals surface area contributed by atoms with Gasteiger partial charge >= 0.3 is 6.18 Å². The summed E-state index contributed by atoms with van der Waals surface area (Å²) in [4.78, 5) is 23.2. The molecule has 0 amide bonds. The van der Waals surface area contributed by atoms with Crippen LogP contribution in [0.3, 0.4) is 0 Å². The van der Waals surface area contributed by atoms with Gasteiger partial charge < -0.3 is 0 Å². The fraction of sp³-hybridized carbons (Fsp3) is 0.429. The van der Waals surface area contributed by atoms with Crippen molar-refractivity contribution >= 4 is 11.6 Å². The lowest BCUT2D eigenvalue weighted by molar-refractivity contribution is -0.137. The quantitative estimate of drug-likeness (QED) is 0.779. The second kappa shape index (κ2) is 5.15. The molecule has 0 aromatic heterocycles. The van der Waals surface area contributed by atoms with Crippen LogP contribution in [0.5, 0.6) is 0 Å². The monoisotopic (exact) mass is 272 g/mol. The predicted molar refractivity (Wildman–Crippen MR) is 64.9 cm³/mol. The van der Waals surface area contributed by atoms with Gasteiger partial charge in [0.1, 0.15) is 5.78 Å². The SMILES string of the molecule is CC(=O)CC(C)(C)C(=O)c1ccc(C(F)(F)F)cc1. The summed E-state index contributed by atoms with van der Waals surface area (Å²) < 4.78 is 37.2. The van der Waals surface area contributed by atoms with Gasteiger partial charge in [-0.3, -0.25) is 9.59 Å². The summed E-state index contributed by atoms with van der Waals surface area (Å²) in [5.41, 5.74) is -1.53. The number of benzene rings is 1. The molecular weight excluding hydrogens is 257 g/mol. The highest BCUT2D eigenvalue weighted by Crippen LogP contribution is 2.31. The first kappa shape index (κ1) is 15.4. The predicted octanol–water partition coefficient (Wildman–Crippen LogP) is 3.89. The van der Waals surface area contributed by atoms with Crippen LogP contribution in [0.15, 0.2) is 24.3 Å². The number of carbonyl (C=O) groups excluding carboxylic acids is 2. The summed E-state index contributed by atoms with van der Waals surface area (Å²) in [7, 11) is 0. The van der Waals surface area contributed by atoms with Crippen molar-refractivity contribution in [2.75, 3.05) is 0 Å². The Labute approximate surface area is 109 Å². The van der Waals surface area contributed by atoms with Crippen molar-refractivity contribution in [3.63, 3.8) is 0 Å².